The minimum Gasteiger partial charge on any atom is -0.508 e. The van der Waals surface area contributed by atoms with Crippen molar-refractivity contribution in [2.24, 2.45) is 5.41 Å². The van der Waals surface area contributed by atoms with Crippen molar-refractivity contribution in [3.05, 3.63) is 76.6 Å². The van der Waals surface area contributed by atoms with Crippen LogP contribution in [0.1, 0.15) is 45.1 Å². The molecule has 0 unspecified atom stereocenters. The smallest absolute Gasteiger partial charge is 0.254 e. The highest BCUT2D eigenvalue weighted by atomic mass is 16.5. The Kier molecular flexibility index (Phi) is 5.55. The van der Waals surface area contributed by atoms with E-state index in [1.165, 1.54) is 0 Å². The summed E-state index contributed by atoms with van der Waals surface area (Å²) in [6, 6.07) is 14.0. The number of ketones is 1. The molecule has 3 N–H and O–H groups in total. The number of allylic oxidation sites excluding steroid dienone is 3. The number of aromatic hydroxyl groups is 1. The van der Waals surface area contributed by atoms with Gasteiger partial charge in [0.2, 0.25) is 0 Å². The first-order valence-corrected chi connectivity index (χ1v) is 10.7. The predicted octanol–water partition coefficient (Wildman–Crippen LogP) is 4.64. The van der Waals surface area contributed by atoms with E-state index in [-0.39, 0.29) is 22.9 Å². The lowest BCUT2D eigenvalue weighted by molar-refractivity contribution is -0.118. The summed E-state index contributed by atoms with van der Waals surface area (Å²) in [7, 11) is 1.55. The Morgan fingerprint density at radius 2 is 1.91 bits per heavy atom. The molecular formula is C26H28N2O4. The van der Waals surface area contributed by atoms with Crippen LogP contribution >= 0.6 is 0 Å². The Labute approximate surface area is 188 Å². The normalized spacial score (nSPS) is 19.9. The first-order chi connectivity index (χ1) is 15.2. The molecule has 0 aromatic heterocycles. The van der Waals surface area contributed by atoms with Crippen LogP contribution < -0.4 is 15.4 Å². The van der Waals surface area contributed by atoms with Gasteiger partial charge in [0.25, 0.3) is 5.91 Å². The Morgan fingerprint density at radius 1 is 1.16 bits per heavy atom. The van der Waals surface area contributed by atoms with Gasteiger partial charge >= 0.3 is 0 Å². The predicted molar refractivity (Wildman–Crippen MR) is 123 cm³/mol. The molecule has 2 aromatic rings. The molecule has 0 radical (unpaired) electrons. The minimum absolute atomic E-state index is 0.0205. The summed E-state index contributed by atoms with van der Waals surface area (Å²) in [5.41, 5.74) is 3.69. The number of hydrogen-bond donors (Lipinski definition) is 3. The third-order valence-electron chi connectivity index (χ3n) is 6.04. The van der Waals surface area contributed by atoms with Gasteiger partial charge in [0, 0.05) is 34.9 Å². The average Bonchev–Trinajstić information content (AvgIpc) is 2.72. The number of carbonyl (C=O) groups is 2. The number of hydrogen-bond acceptors (Lipinski definition) is 5. The fraction of sp³-hybridized carbons (Fsp3) is 0.308. The van der Waals surface area contributed by atoms with Crippen LogP contribution in [-0.2, 0) is 9.59 Å². The number of Topliss-reactive ketones (excluding diaryl/α,β-unsaturated/α-hetero) is 1. The van der Waals surface area contributed by atoms with Crippen LogP contribution in [0.4, 0.5) is 5.69 Å². The lowest BCUT2D eigenvalue weighted by Crippen LogP contribution is -2.39. The zero-order valence-corrected chi connectivity index (χ0v) is 18.8. The number of phenolic OH excluding ortho intramolecular Hbond substituents is 1. The van der Waals surface area contributed by atoms with Gasteiger partial charge in [-0.1, -0.05) is 38.1 Å². The van der Waals surface area contributed by atoms with Crippen LogP contribution in [0.25, 0.3) is 0 Å². The lowest BCUT2D eigenvalue weighted by atomic mass is 9.68. The maximum Gasteiger partial charge on any atom is 0.254 e. The van der Waals surface area contributed by atoms with Gasteiger partial charge in [-0.05, 0) is 48.6 Å². The zero-order valence-electron chi connectivity index (χ0n) is 18.8. The van der Waals surface area contributed by atoms with Gasteiger partial charge in [-0.25, -0.2) is 0 Å². The maximum absolute atomic E-state index is 13.6. The Bertz CT molecular complexity index is 1160. The van der Waals surface area contributed by atoms with Gasteiger partial charge in [-0.3, -0.25) is 9.59 Å². The summed E-state index contributed by atoms with van der Waals surface area (Å²) in [5.74, 6) is -0.234. The van der Waals surface area contributed by atoms with E-state index in [1.54, 1.807) is 37.4 Å². The summed E-state index contributed by atoms with van der Waals surface area (Å²) < 4.78 is 5.37. The number of anilines is 1. The lowest BCUT2D eigenvalue weighted by Gasteiger charge is -2.39. The molecule has 4 rings (SSSR count). The molecule has 0 saturated carbocycles. The van der Waals surface area contributed by atoms with Crippen molar-refractivity contribution in [1.82, 2.24) is 5.32 Å². The molecule has 6 heteroatoms. The molecule has 0 fully saturated rings. The topological polar surface area (TPSA) is 87.7 Å². The summed E-state index contributed by atoms with van der Waals surface area (Å²) in [5, 5.41) is 16.4. The monoisotopic (exact) mass is 432 g/mol. The van der Waals surface area contributed by atoms with E-state index in [0.717, 1.165) is 5.70 Å². The number of amides is 1. The molecule has 32 heavy (non-hydrogen) atoms. The Morgan fingerprint density at radius 3 is 2.62 bits per heavy atom. The quantitative estimate of drug-likeness (QED) is 0.655. The second-order valence-electron chi connectivity index (χ2n) is 9.18. The van der Waals surface area contributed by atoms with E-state index >= 15 is 0 Å². The van der Waals surface area contributed by atoms with Gasteiger partial charge in [-0.2, -0.15) is 0 Å². The molecule has 1 atom stereocenters. The molecule has 0 spiro atoms. The maximum atomic E-state index is 13.6. The molecular weight excluding hydrogens is 404 g/mol. The van der Waals surface area contributed by atoms with E-state index in [2.05, 4.69) is 24.5 Å². The van der Waals surface area contributed by atoms with Crippen molar-refractivity contribution in [2.75, 3.05) is 12.4 Å². The van der Waals surface area contributed by atoms with E-state index < -0.39 is 5.92 Å². The van der Waals surface area contributed by atoms with Gasteiger partial charge in [0.15, 0.2) is 5.78 Å². The average molecular weight is 433 g/mol. The van der Waals surface area contributed by atoms with Crippen LogP contribution in [0.2, 0.25) is 0 Å². The SMILES string of the molecule is COc1ccccc1NC(=O)C1=C(C)NC2=C(C(=O)CC(C)(C)C2)[C@H]1c1cccc(O)c1. The molecule has 2 aromatic carbocycles. The molecule has 2 aliphatic rings. The number of ether oxygens (including phenoxy) is 1. The molecule has 0 saturated heterocycles. The van der Waals surface area contributed by atoms with Crippen molar-refractivity contribution in [2.45, 2.75) is 39.5 Å². The number of carbonyl (C=O) groups excluding carboxylic acids is 2. The van der Waals surface area contributed by atoms with Crippen LogP contribution in [0, 0.1) is 5.41 Å². The van der Waals surface area contributed by atoms with E-state index in [4.69, 9.17) is 4.74 Å². The second-order valence-corrected chi connectivity index (χ2v) is 9.18. The molecule has 1 amide bonds. The highest BCUT2D eigenvalue weighted by Crippen LogP contribution is 2.47. The van der Waals surface area contributed by atoms with Crippen LogP contribution in [0.3, 0.4) is 0 Å². The standard InChI is InChI=1S/C26H28N2O4/c1-15-22(25(31)28-18-10-5-6-11-21(18)32-4)23(16-8-7-9-17(29)12-16)24-19(27-15)13-26(2,3)14-20(24)30/h5-12,23,27,29H,13-14H2,1-4H3,(H,28,31)/t23-/m0/s1. The number of rotatable bonds is 4. The zero-order chi connectivity index (χ0) is 23.0. The Balaban J connectivity index is 1.82. The van der Waals surface area contributed by atoms with Crippen molar-refractivity contribution in [3.8, 4) is 11.5 Å². The summed E-state index contributed by atoms with van der Waals surface area (Å²) in [4.78, 5) is 26.9. The molecule has 1 aliphatic carbocycles. The molecule has 6 nitrogen and oxygen atoms in total. The largest absolute Gasteiger partial charge is 0.508 e. The number of nitrogens with one attached hydrogen (secondary N) is 2. The highest BCUT2D eigenvalue weighted by molar-refractivity contribution is 6.10. The van der Waals surface area contributed by atoms with Crippen molar-refractivity contribution in [1.29, 1.82) is 0 Å². The number of benzene rings is 2. The van der Waals surface area contributed by atoms with Crippen LogP contribution in [0.15, 0.2) is 71.1 Å². The molecule has 1 aliphatic heterocycles. The van der Waals surface area contributed by atoms with E-state index in [9.17, 15) is 14.7 Å². The molecule has 0 bridgehead atoms. The number of para-hydroxylation sites is 2. The fourth-order valence-electron chi connectivity index (χ4n) is 4.71. The Hall–Kier alpha value is -3.54. The number of dihydropyridines is 1. The second kappa shape index (κ2) is 8.19. The van der Waals surface area contributed by atoms with Crippen LogP contribution in [0.5, 0.6) is 11.5 Å². The van der Waals surface area contributed by atoms with Gasteiger partial charge < -0.3 is 20.5 Å². The van der Waals surface area contributed by atoms with Gasteiger partial charge in [0.1, 0.15) is 11.5 Å². The van der Waals surface area contributed by atoms with Crippen molar-refractivity contribution in [3.63, 3.8) is 0 Å². The minimum atomic E-state index is -0.573. The summed E-state index contributed by atoms with van der Waals surface area (Å²) in [6.07, 6.45) is 1.12. The van der Waals surface area contributed by atoms with Crippen LogP contribution in [-0.4, -0.2) is 23.9 Å². The third-order valence-corrected chi connectivity index (χ3v) is 6.04. The number of methoxy groups -OCH3 is 1. The van der Waals surface area contributed by atoms with E-state index in [1.807, 2.05) is 25.1 Å². The van der Waals surface area contributed by atoms with Gasteiger partial charge in [0.05, 0.1) is 12.8 Å². The van der Waals surface area contributed by atoms with Gasteiger partial charge in [-0.15, -0.1) is 0 Å². The fourth-order valence-corrected chi connectivity index (χ4v) is 4.71. The first kappa shape index (κ1) is 21.7. The number of phenols is 1. The van der Waals surface area contributed by atoms with Crippen molar-refractivity contribution < 1.29 is 19.4 Å². The third kappa shape index (κ3) is 4.00. The first-order valence-electron chi connectivity index (χ1n) is 10.7. The van der Waals surface area contributed by atoms with Crippen molar-refractivity contribution >= 4 is 17.4 Å². The highest BCUT2D eigenvalue weighted by Gasteiger charge is 2.42. The summed E-state index contributed by atoms with van der Waals surface area (Å²) in [6.45, 7) is 5.99. The van der Waals surface area contributed by atoms with E-state index in [0.29, 0.717) is 46.7 Å². The molecule has 1 heterocycles. The molecule has 166 valence electrons. The summed E-state index contributed by atoms with van der Waals surface area (Å²) >= 11 is 0.